The van der Waals surface area contributed by atoms with Crippen molar-refractivity contribution in [1.82, 2.24) is 4.98 Å². The molecule has 1 aliphatic heterocycles. The number of para-hydroxylation sites is 1. The topological polar surface area (TPSA) is 16.1 Å². The van der Waals surface area contributed by atoms with Crippen molar-refractivity contribution in [2.24, 2.45) is 0 Å². The molecule has 1 unspecified atom stereocenters. The highest BCUT2D eigenvalue weighted by molar-refractivity contribution is 8.09. The second-order valence-electron chi connectivity index (χ2n) is 4.37. The van der Waals surface area contributed by atoms with E-state index in [4.69, 9.17) is 0 Å². The van der Waals surface area contributed by atoms with Gasteiger partial charge in [0.1, 0.15) is 0 Å². The lowest BCUT2D eigenvalue weighted by Gasteiger charge is -2.23. The van der Waals surface area contributed by atoms with E-state index in [1.54, 1.807) is 11.3 Å². The molecule has 0 bridgehead atoms. The van der Waals surface area contributed by atoms with Gasteiger partial charge in [0, 0.05) is 11.9 Å². The number of nitrogens with zero attached hydrogens (tertiary/aromatic N) is 2. The van der Waals surface area contributed by atoms with Crippen LogP contribution in [-0.4, -0.2) is 10.4 Å². The van der Waals surface area contributed by atoms with Crippen molar-refractivity contribution in [3.05, 3.63) is 53.1 Å². The van der Waals surface area contributed by atoms with Crippen LogP contribution in [0.1, 0.15) is 24.6 Å². The first-order valence-electron chi connectivity index (χ1n) is 6.42. The molecule has 0 spiro atoms. The Kier molecular flexibility index (Phi) is 3.89. The lowest BCUT2D eigenvalue weighted by Crippen LogP contribution is -2.24. The second-order valence-corrected chi connectivity index (χ2v) is 6.45. The minimum Gasteiger partial charge on any atom is -0.326 e. The van der Waals surface area contributed by atoms with Crippen molar-refractivity contribution in [3.8, 4) is 0 Å². The summed E-state index contributed by atoms with van der Waals surface area (Å²) in [6.07, 6.45) is 7.80. The first kappa shape index (κ1) is 12.8. The molecule has 1 aromatic heterocycles. The Labute approximate surface area is 122 Å². The van der Waals surface area contributed by atoms with Crippen molar-refractivity contribution in [2.75, 3.05) is 4.90 Å². The van der Waals surface area contributed by atoms with Crippen LogP contribution in [0, 0.1) is 6.20 Å². The monoisotopic (exact) mass is 287 g/mol. The standard InChI is InChI=1S/C15H15N2S2/c1-2-6-15-17(12-7-4-3-5-8-12)10-14(19-15)13-9-16-11-18-13/h3-5,7-9,11,15H,2,6H2,1H3. The van der Waals surface area contributed by atoms with Crippen LogP contribution in [0.2, 0.25) is 0 Å². The molecule has 2 heterocycles. The fourth-order valence-electron chi connectivity index (χ4n) is 2.09. The number of benzene rings is 1. The van der Waals surface area contributed by atoms with Crippen LogP contribution < -0.4 is 4.90 Å². The number of hydrogen-bond donors (Lipinski definition) is 0. The van der Waals surface area contributed by atoms with Gasteiger partial charge in [0.15, 0.2) is 0 Å². The fourth-order valence-corrected chi connectivity index (χ4v) is 4.12. The summed E-state index contributed by atoms with van der Waals surface area (Å²) in [5.74, 6) is 0. The summed E-state index contributed by atoms with van der Waals surface area (Å²) >= 11 is 3.58. The largest absolute Gasteiger partial charge is 0.326 e. The Balaban J connectivity index is 1.90. The lowest BCUT2D eigenvalue weighted by atomic mass is 10.2. The van der Waals surface area contributed by atoms with Gasteiger partial charge < -0.3 is 4.90 Å². The summed E-state index contributed by atoms with van der Waals surface area (Å²) in [6.45, 7) is 2.23. The van der Waals surface area contributed by atoms with Gasteiger partial charge in [0.05, 0.1) is 26.9 Å². The number of thiazole rings is 1. The van der Waals surface area contributed by atoms with E-state index in [1.807, 2.05) is 23.5 Å². The van der Waals surface area contributed by atoms with E-state index >= 15 is 0 Å². The van der Waals surface area contributed by atoms with Gasteiger partial charge in [0.2, 0.25) is 0 Å². The maximum atomic E-state index is 4.16. The zero-order valence-electron chi connectivity index (χ0n) is 10.7. The molecule has 0 saturated heterocycles. The van der Waals surface area contributed by atoms with Gasteiger partial charge in [0.25, 0.3) is 0 Å². The number of hydrogen-bond acceptors (Lipinski definition) is 4. The average Bonchev–Trinajstić information content (AvgIpc) is 3.08. The molecule has 0 saturated carbocycles. The molecule has 2 nitrogen and oxygen atoms in total. The maximum Gasteiger partial charge on any atom is 0.0848 e. The minimum atomic E-state index is 0.449. The lowest BCUT2D eigenvalue weighted by molar-refractivity contribution is 0.742. The molecule has 97 valence electrons. The van der Waals surface area contributed by atoms with E-state index in [0.29, 0.717) is 5.37 Å². The summed E-state index contributed by atoms with van der Waals surface area (Å²) < 4.78 is 0. The molecule has 0 amide bonds. The minimum absolute atomic E-state index is 0.449. The Bertz CT molecular complexity index is 549. The van der Waals surface area contributed by atoms with Crippen molar-refractivity contribution >= 4 is 33.7 Å². The average molecular weight is 287 g/mol. The van der Waals surface area contributed by atoms with E-state index in [9.17, 15) is 0 Å². The Hall–Kier alpha value is -1.26. The van der Waals surface area contributed by atoms with Crippen LogP contribution in [0.4, 0.5) is 5.69 Å². The highest BCUT2D eigenvalue weighted by atomic mass is 32.2. The third kappa shape index (κ3) is 2.69. The number of rotatable bonds is 4. The molecule has 2 aromatic rings. The smallest absolute Gasteiger partial charge is 0.0848 e. The summed E-state index contributed by atoms with van der Waals surface area (Å²) in [7, 11) is 0. The van der Waals surface area contributed by atoms with Crippen molar-refractivity contribution < 1.29 is 0 Å². The SMILES string of the molecule is CCCC1SC(c2cncs2)=[C]N1c1ccccc1. The highest BCUT2D eigenvalue weighted by Crippen LogP contribution is 2.43. The van der Waals surface area contributed by atoms with Gasteiger partial charge in [-0.2, -0.15) is 0 Å². The molecule has 0 N–H and O–H groups in total. The van der Waals surface area contributed by atoms with Gasteiger partial charge in [-0.3, -0.25) is 4.98 Å². The zero-order valence-corrected chi connectivity index (χ0v) is 12.4. The predicted octanol–water partition coefficient (Wildman–Crippen LogP) is 4.62. The molecular formula is C15H15N2S2. The summed E-state index contributed by atoms with van der Waals surface area (Å²) in [5.41, 5.74) is 3.10. The molecule has 1 atom stereocenters. The van der Waals surface area contributed by atoms with Gasteiger partial charge in [-0.15, -0.1) is 11.3 Å². The zero-order chi connectivity index (χ0) is 13.1. The van der Waals surface area contributed by atoms with E-state index in [-0.39, 0.29) is 0 Å². The molecule has 4 heteroatoms. The van der Waals surface area contributed by atoms with E-state index in [2.05, 4.69) is 53.3 Å². The van der Waals surface area contributed by atoms with Crippen molar-refractivity contribution in [1.29, 1.82) is 0 Å². The second kappa shape index (κ2) is 5.80. The molecule has 3 rings (SSSR count). The van der Waals surface area contributed by atoms with Gasteiger partial charge >= 0.3 is 0 Å². The quantitative estimate of drug-likeness (QED) is 0.816. The fraction of sp³-hybridized carbons (Fsp3) is 0.267. The van der Waals surface area contributed by atoms with Gasteiger partial charge in [-0.1, -0.05) is 43.3 Å². The summed E-state index contributed by atoms with van der Waals surface area (Å²) in [5, 5.41) is 0.449. The summed E-state index contributed by atoms with van der Waals surface area (Å²) in [6, 6.07) is 10.5. The number of anilines is 1. The van der Waals surface area contributed by atoms with E-state index < -0.39 is 0 Å². The van der Waals surface area contributed by atoms with Crippen molar-refractivity contribution in [2.45, 2.75) is 25.1 Å². The first-order chi connectivity index (χ1) is 9.38. The van der Waals surface area contributed by atoms with Crippen LogP contribution >= 0.6 is 23.1 Å². The van der Waals surface area contributed by atoms with Gasteiger partial charge in [-0.25, -0.2) is 0 Å². The van der Waals surface area contributed by atoms with E-state index in [0.717, 1.165) is 6.42 Å². The molecule has 1 radical (unpaired) electrons. The Morgan fingerprint density at radius 1 is 1.32 bits per heavy atom. The molecule has 19 heavy (non-hydrogen) atoms. The van der Waals surface area contributed by atoms with Crippen LogP contribution in [0.15, 0.2) is 42.0 Å². The predicted molar refractivity (Wildman–Crippen MR) is 84.0 cm³/mol. The molecule has 0 aliphatic carbocycles. The normalized spacial score (nSPS) is 18.7. The third-order valence-corrected chi connectivity index (χ3v) is 5.18. The van der Waals surface area contributed by atoms with E-state index in [1.165, 1.54) is 21.9 Å². The first-order valence-corrected chi connectivity index (χ1v) is 8.18. The van der Waals surface area contributed by atoms with Crippen molar-refractivity contribution in [3.63, 3.8) is 0 Å². The maximum absolute atomic E-state index is 4.16. The molecule has 0 fully saturated rings. The van der Waals surface area contributed by atoms with Crippen LogP contribution in [0.25, 0.3) is 4.91 Å². The Morgan fingerprint density at radius 2 is 2.16 bits per heavy atom. The third-order valence-electron chi connectivity index (χ3n) is 2.99. The highest BCUT2D eigenvalue weighted by Gasteiger charge is 2.27. The Morgan fingerprint density at radius 3 is 2.84 bits per heavy atom. The summed E-state index contributed by atoms with van der Waals surface area (Å²) in [4.78, 5) is 8.85. The van der Waals surface area contributed by atoms with Gasteiger partial charge in [-0.05, 0) is 18.6 Å². The molecular weight excluding hydrogens is 272 g/mol. The number of aromatic nitrogens is 1. The van der Waals surface area contributed by atoms with Crippen LogP contribution in [0.3, 0.4) is 0 Å². The van der Waals surface area contributed by atoms with Crippen LogP contribution in [0.5, 0.6) is 0 Å². The van der Waals surface area contributed by atoms with Crippen LogP contribution in [-0.2, 0) is 0 Å². The molecule has 1 aromatic carbocycles. The molecule has 1 aliphatic rings. The number of thioether (sulfide) groups is 1.